The Morgan fingerprint density at radius 2 is 2.27 bits per heavy atom. The number of aliphatic hydroxyl groups excluding tert-OH is 1. The second-order valence-electron chi connectivity index (χ2n) is 2.62. The maximum Gasteiger partial charge on any atom is 0.106 e. The summed E-state index contributed by atoms with van der Waals surface area (Å²) in [6.07, 6.45) is 1.31. The van der Waals surface area contributed by atoms with Crippen molar-refractivity contribution >= 4 is 12.2 Å². The number of aromatic amines is 1. The molecule has 60 valence electrons. The SMILES string of the molecule is Cc1cc([C@@H](C)O)c[nH]c1=S. The van der Waals surface area contributed by atoms with Crippen LogP contribution in [0, 0.1) is 11.6 Å². The molecule has 0 bridgehead atoms. The summed E-state index contributed by atoms with van der Waals surface area (Å²) >= 11 is 4.96. The van der Waals surface area contributed by atoms with Crippen LogP contribution in [0.25, 0.3) is 0 Å². The van der Waals surface area contributed by atoms with Crippen molar-refractivity contribution in [1.29, 1.82) is 0 Å². The molecule has 0 amide bonds. The van der Waals surface area contributed by atoms with Crippen molar-refractivity contribution in [3.8, 4) is 0 Å². The van der Waals surface area contributed by atoms with Gasteiger partial charge < -0.3 is 10.1 Å². The molecule has 0 aromatic carbocycles. The first kappa shape index (κ1) is 8.43. The highest BCUT2D eigenvalue weighted by Crippen LogP contribution is 2.11. The zero-order valence-corrected chi connectivity index (χ0v) is 7.40. The molecule has 0 aliphatic heterocycles. The van der Waals surface area contributed by atoms with Crippen LogP contribution in [-0.4, -0.2) is 10.1 Å². The predicted octanol–water partition coefficient (Wildman–Crippen LogP) is 2.11. The fourth-order valence-corrected chi connectivity index (χ4v) is 0.979. The van der Waals surface area contributed by atoms with Crippen molar-refractivity contribution in [2.24, 2.45) is 0 Å². The van der Waals surface area contributed by atoms with E-state index in [1.165, 1.54) is 0 Å². The number of hydrogen-bond acceptors (Lipinski definition) is 2. The fraction of sp³-hybridized carbons (Fsp3) is 0.375. The van der Waals surface area contributed by atoms with Gasteiger partial charge in [0, 0.05) is 6.20 Å². The van der Waals surface area contributed by atoms with Gasteiger partial charge in [-0.15, -0.1) is 0 Å². The van der Waals surface area contributed by atoms with Gasteiger partial charge in [-0.05, 0) is 31.0 Å². The van der Waals surface area contributed by atoms with Crippen molar-refractivity contribution in [3.05, 3.63) is 28.0 Å². The number of aliphatic hydroxyl groups is 1. The van der Waals surface area contributed by atoms with Crippen molar-refractivity contribution in [1.82, 2.24) is 4.98 Å². The summed E-state index contributed by atoms with van der Waals surface area (Å²) in [6, 6.07) is 1.89. The standard InChI is InChI=1S/C8H11NOS/c1-5-3-7(6(2)10)4-9-8(5)11/h3-4,6,10H,1-2H3,(H,9,11)/t6-/m1/s1. The lowest BCUT2D eigenvalue weighted by Crippen LogP contribution is -1.93. The molecule has 2 nitrogen and oxygen atoms in total. The van der Waals surface area contributed by atoms with Gasteiger partial charge in [-0.25, -0.2) is 0 Å². The molecule has 0 saturated carbocycles. The van der Waals surface area contributed by atoms with Crippen molar-refractivity contribution < 1.29 is 5.11 Å². The molecule has 0 saturated heterocycles. The highest BCUT2D eigenvalue weighted by molar-refractivity contribution is 7.71. The molecular weight excluding hydrogens is 158 g/mol. The summed E-state index contributed by atoms with van der Waals surface area (Å²) in [6.45, 7) is 3.65. The molecule has 0 aliphatic rings. The Kier molecular flexibility index (Phi) is 2.42. The van der Waals surface area contributed by atoms with Gasteiger partial charge in [0.1, 0.15) is 4.64 Å². The fourth-order valence-electron chi connectivity index (χ4n) is 0.861. The van der Waals surface area contributed by atoms with Crippen LogP contribution in [0.5, 0.6) is 0 Å². The number of hydrogen-bond donors (Lipinski definition) is 2. The average molecular weight is 169 g/mol. The van der Waals surface area contributed by atoms with Crippen LogP contribution in [-0.2, 0) is 0 Å². The molecule has 0 unspecified atom stereocenters. The van der Waals surface area contributed by atoms with Gasteiger partial charge >= 0.3 is 0 Å². The summed E-state index contributed by atoms with van der Waals surface area (Å²) in [5, 5.41) is 9.19. The minimum Gasteiger partial charge on any atom is -0.389 e. The predicted molar refractivity (Wildman–Crippen MR) is 47.0 cm³/mol. The lowest BCUT2D eigenvalue weighted by atomic mass is 10.1. The third-order valence-electron chi connectivity index (χ3n) is 1.59. The molecule has 1 heterocycles. The van der Waals surface area contributed by atoms with Gasteiger partial charge in [0.05, 0.1) is 6.10 Å². The molecule has 1 atom stereocenters. The van der Waals surface area contributed by atoms with Crippen LogP contribution in [0.15, 0.2) is 12.3 Å². The minimum absolute atomic E-state index is 0.430. The number of aryl methyl sites for hydroxylation is 1. The number of nitrogens with one attached hydrogen (secondary N) is 1. The van der Waals surface area contributed by atoms with Gasteiger partial charge in [-0.3, -0.25) is 0 Å². The summed E-state index contributed by atoms with van der Waals surface area (Å²) in [7, 11) is 0. The van der Waals surface area contributed by atoms with E-state index in [0.717, 1.165) is 15.8 Å². The first-order chi connectivity index (χ1) is 5.11. The van der Waals surface area contributed by atoms with Crippen LogP contribution in [0.1, 0.15) is 24.2 Å². The Bertz CT molecular complexity index is 303. The van der Waals surface area contributed by atoms with E-state index < -0.39 is 6.10 Å². The second kappa shape index (κ2) is 3.15. The zero-order valence-electron chi connectivity index (χ0n) is 6.59. The van der Waals surface area contributed by atoms with Crippen LogP contribution < -0.4 is 0 Å². The van der Waals surface area contributed by atoms with Gasteiger partial charge in [0.15, 0.2) is 0 Å². The Morgan fingerprint density at radius 3 is 2.73 bits per heavy atom. The highest BCUT2D eigenvalue weighted by atomic mass is 32.1. The maximum absolute atomic E-state index is 9.19. The molecule has 0 spiro atoms. The first-order valence-electron chi connectivity index (χ1n) is 3.48. The van der Waals surface area contributed by atoms with Gasteiger partial charge in [0.25, 0.3) is 0 Å². The molecule has 11 heavy (non-hydrogen) atoms. The van der Waals surface area contributed by atoms with E-state index in [4.69, 9.17) is 12.2 Å². The molecule has 1 rings (SSSR count). The lowest BCUT2D eigenvalue weighted by molar-refractivity contribution is 0.199. The zero-order chi connectivity index (χ0) is 8.43. The smallest absolute Gasteiger partial charge is 0.106 e. The van der Waals surface area contributed by atoms with Crippen LogP contribution in [0.2, 0.25) is 0 Å². The van der Waals surface area contributed by atoms with Crippen LogP contribution in [0.3, 0.4) is 0 Å². The molecular formula is C8H11NOS. The number of aromatic nitrogens is 1. The van der Waals surface area contributed by atoms with Crippen molar-refractivity contribution in [2.45, 2.75) is 20.0 Å². The summed E-state index contributed by atoms with van der Waals surface area (Å²) in [5.41, 5.74) is 1.87. The quantitative estimate of drug-likeness (QED) is 0.632. The van der Waals surface area contributed by atoms with E-state index in [9.17, 15) is 5.11 Å². The number of pyridine rings is 1. The maximum atomic E-state index is 9.19. The molecule has 0 fully saturated rings. The van der Waals surface area contributed by atoms with E-state index in [1.807, 2.05) is 13.0 Å². The largest absolute Gasteiger partial charge is 0.389 e. The molecule has 0 aliphatic carbocycles. The van der Waals surface area contributed by atoms with Gasteiger partial charge in [-0.2, -0.15) is 0 Å². The summed E-state index contributed by atoms with van der Waals surface area (Å²) in [5.74, 6) is 0. The summed E-state index contributed by atoms with van der Waals surface area (Å²) < 4.78 is 0.731. The third kappa shape index (κ3) is 1.88. The van der Waals surface area contributed by atoms with Gasteiger partial charge in [0.2, 0.25) is 0 Å². The first-order valence-corrected chi connectivity index (χ1v) is 3.89. The van der Waals surface area contributed by atoms with Crippen LogP contribution >= 0.6 is 12.2 Å². The normalized spacial score (nSPS) is 13.0. The van der Waals surface area contributed by atoms with Crippen molar-refractivity contribution in [2.75, 3.05) is 0 Å². The molecule has 1 aromatic rings. The van der Waals surface area contributed by atoms with E-state index in [-0.39, 0.29) is 0 Å². The topological polar surface area (TPSA) is 36.0 Å². The minimum atomic E-state index is -0.430. The Hall–Kier alpha value is -0.670. The van der Waals surface area contributed by atoms with E-state index >= 15 is 0 Å². The van der Waals surface area contributed by atoms with Crippen molar-refractivity contribution in [3.63, 3.8) is 0 Å². The lowest BCUT2D eigenvalue weighted by Gasteiger charge is -2.04. The molecule has 0 radical (unpaired) electrons. The van der Waals surface area contributed by atoms with E-state index in [1.54, 1.807) is 13.1 Å². The third-order valence-corrected chi connectivity index (χ3v) is 2.03. The second-order valence-corrected chi connectivity index (χ2v) is 3.03. The molecule has 3 heteroatoms. The number of H-pyrrole nitrogens is 1. The molecule has 2 N–H and O–H groups in total. The van der Waals surface area contributed by atoms with E-state index in [0.29, 0.717) is 0 Å². The Morgan fingerprint density at radius 1 is 1.64 bits per heavy atom. The molecule has 1 aromatic heterocycles. The highest BCUT2D eigenvalue weighted by Gasteiger charge is 1.99. The Labute approximate surface area is 70.9 Å². The van der Waals surface area contributed by atoms with E-state index in [2.05, 4.69) is 4.98 Å². The monoisotopic (exact) mass is 169 g/mol. The summed E-state index contributed by atoms with van der Waals surface area (Å²) in [4.78, 5) is 2.90. The average Bonchev–Trinajstić information content (AvgIpc) is 1.94. The van der Waals surface area contributed by atoms with Gasteiger partial charge in [-0.1, -0.05) is 12.2 Å². The Balaban J connectivity index is 3.15. The van der Waals surface area contributed by atoms with Crippen LogP contribution in [0.4, 0.5) is 0 Å². The number of rotatable bonds is 1.